The minimum absolute atomic E-state index is 0.0108. The number of nitrogens with one attached hydrogen (secondary N) is 1. The molecule has 26 heavy (non-hydrogen) atoms. The molecule has 0 saturated heterocycles. The van der Waals surface area contributed by atoms with E-state index in [1.54, 1.807) is 25.1 Å². The molecule has 11 heteroatoms. The van der Waals surface area contributed by atoms with Crippen LogP contribution < -0.4 is 5.32 Å². The van der Waals surface area contributed by atoms with Gasteiger partial charge in [-0.3, -0.25) is 19.6 Å². The number of benzene rings is 1. The van der Waals surface area contributed by atoms with Crippen LogP contribution in [0.1, 0.15) is 21.8 Å². The largest absolute Gasteiger partial charge is 0.361 e. The molecule has 0 aliphatic heterocycles. The standard InChI is InChI=1S/C15H11Cl2N5O4/c1-8-10(7-21-6-9(5-18-21)22(24)25)13(20-26-8)15(23)19-14-11(16)3-2-4-12(14)17/h2-6H,7H2,1H3,(H,19,23). The fraction of sp³-hybridized carbons (Fsp3) is 0.133. The maximum absolute atomic E-state index is 12.6. The Morgan fingerprint density at radius 1 is 1.38 bits per heavy atom. The van der Waals surface area contributed by atoms with Crippen molar-refractivity contribution in [2.45, 2.75) is 13.5 Å². The maximum atomic E-state index is 12.6. The molecule has 2 aromatic heterocycles. The number of hydrogen-bond acceptors (Lipinski definition) is 6. The first-order valence-electron chi connectivity index (χ1n) is 7.24. The lowest BCUT2D eigenvalue weighted by Gasteiger charge is -2.08. The summed E-state index contributed by atoms with van der Waals surface area (Å²) >= 11 is 12.1. The zero-order valence-electron chi connectivity index (χ0n) is 13.3. The van der Waals surface area contributed by atoms with E-state index < -0.39 is 10.8 Å². The second-order valence-corrected chi connectivity index (χ2v) is 6.08. The van der Waals surface area contributed by atoms with E-state index >= 15 is 0 Å². The van der Waals surface area contributed by atoms with Gasteiger partial charge in [0.05, 0.1) is 27.2 Å². The predicted molar refractivity (Wildman–Crippen MR) is 93.6 cm³/mol. The summed E-state index contributed by atoms with van der Waals surface area (Å²) in [6.45, 7) is 1.70. The van der Waals surface area contributed by atoms with E-state index in [9.17, 15) is 14.9 Å². The second-order valence-electron chi connectivity index (χ2n) is 5.27. The van der Waals surface area contributed by atoms with Crippen molar-refractivity contribution in [3.8, 4) is 0 Å². The van der Waals surface area contributed by atoms with Crippen molar-refractivity contribution in [1.82, 2.24) is 14.9 Å². The minimum atomic E-state index is -0.575. The molecule has 1 amide bonds. The van der Waals surface area contributed by atoms with Crippen LogP contribution in [0.25, 0.3) is 0 Å². The number of anilines is 1. The number of nitro groups is 1. The summed E-state index contributed by atoms with van der Waals surface area (Å²) in [6, 6.07) is 4.82. The first kappa shape index (κ1) is 17.9. The van der Waals surface area contributed by atoms with E-state index in [4.69, 9.17) is 27.7 Å². The summed E-state index contributed by atoms with van der Waals surface area (Å²) in [5.74, 6) is -0.188. The molecule has 0 radical (unpaired) electrons. The molecular formula is C15H11Cl2N5O4. The van der Waals surface area contributed by atoms with Gasteiger partial charge in [-0.2, -0.15) is 5.10 Å². The summed E-state index contributed by atoms with van der Waals surface area (Å²) in [7, 11) is 0. The molecule has 134 valence electrons. The molecule has 1 aromatic carbocycles. The van der Waals surface area contributed by atoms with E-state index in [1.165, 1.54) is 10.9 Å². The van der Waals surface area contributed by atoms with E-state index in [1.807, 2.05) is 0 Å². The first-order valence-corrected chi connectivity index (χ1v) is 7.99. The van der Waals surface area contributed by atoms with Crippen molar-refractivity contribution in [1.29, 1.82) is 0 Å². The van der Waals surface area contributed by atoms with Gasteiger partial charge in [0.2, 0.25) is 0 Å². The Kier molecular flexibility index (Phi) is 4.92. The average Bonchev–Trinajstić information content (AvgIpc) is 3.19. The quantitative estimate of drug-likeness (QED) is 0.519. The highest BCUT2D eigenvalue weighted by Crippen LogP contribution is 2.30. The Balaban J connectivity index is 1.87. The number of hydrogen-bond donors (Lipinski definition) is 1. The molecule has 3 rings (SSSR count). The lowest BCUT2D eigenvalue weighted by atomic mass is 10.2. The third kappa shape index (κ3) is 3.53. The van der Waals surface area contributed by atoms with Crippen molar-refractivity contribution < 1.29 is 14.2 Å². The molecule has 0 aliphatic rings. The van der Waals surface area contributed by atoms with Crippen molar-refractivity contribution in [2.75, 3.05) is 5.32 Å². The fourth-order valence-electron chi connectivity index (χ4n) is 2.24. The van der Waals surface area contributed by atoms with Gasteiger partial charge < -0.3 is 9.84 Å². The number of carbonyl (C=O) groups is 1. The van der Waals surface area contributed by atoms with Gasteiger partial charge in [-0.1, -0.05) is 34.4 Å². The Morgan fingerprint density at radius 3 is 2.69 bits per heavy atom. The van der Waals surface area contributed by atoms with E-state index in [0.717, 1.165) is 6.20 Å². The molecule has 9 nitrogen and oxygen atoms in total. The number of nitrogens with zero attached hydrogens (tertiary/aromatic N) is 4. The number of rotatable bonds is 5. The molecule has 0 unspecified atom stereocenters. The van der Waals surface area contributed by atoms with Gasteiger partial charge in [-0.25, -0.2) is 0 Å². The molecule has 0 atom stereocenters. The van der Waals surface area contributed by atoms with Crippen LogP contribution in [0.2, 0.25) is 10.0 Å². The van der Waals surface area contributed by atoms with Gasteiger partial charge in [0.25, 0.3) is 5.91 Å². The zero-order valence-corrected chi connectivity index (χ0v) is 14.8. The van der Waals surface area contributed by atoms with Crippen molar-refractivity contribution in [3.05, 3.63) is 67.8 Å². The van der Waals surface area contributed by atoms with Crippen LogP contribution in [0.4, 0.5) is 11.4 Å². The molecular weight excluding hydrogens is 385 g/mol. The molecule has 1 N–H and O–H groups in total. The monoisotopic (exact) mass is 395 g/mol. The van der Waals surface area contributed by atoms with Crippen molar-refractivity contribution in [2.24, 2.45) is 0 Å². The first-order chi connectivity index (χ1) is 12.4. The van der Waals surface area contributed by atoms with Crippen molar-refractivity contribution in [3.63, 3.8) is 0 Å². The number of amides is 1. The molecule has 0 saturated carbocycles. The smallest absolute Gasteiger partial charge is 0.307 e. The highest BCUT2D eigenvalue weighted by molar-refractivity contribution is 6.40. The summed E-state index contributed by atoms with van der Waals surface area (Å²) < 4.78 is 6.41. The number of aromatic nitrogens is 3. The predicted octanol–water partition coefficient (Wildman–Crippen LogP) is 3.70. The average molecular weight is 396 g/mol. The Morgan fingerprint density at radius 2 is 2.08 bits per heavy atom. The van der Waals surface area contributed by atoms with Crippen molar-refractivity contribution >= 4 is 40.5 Å². The third-order valence-electron chi connectivity index (χ3n) is 3.55. The summed E-state index contributed by atoms with van der Waals surface area (Å²) in [6.07, 6.45) is 2.37. The lowest BCUT2D eigenvalue weighted by Crippen LogP contribution is -2.16. The number of aryl methyl sites for hydroxylation is 1. The molecule has 0 fully saturated rings. The van der Waals surface area contributed by atoms with Gasteiger partial charge in [0, 0.05) is 5.56 Å². The van der Waals surface area contributed by atoms with Crippen LogP contribution >= 0.6 is 23.2 Å². The third-order valence-corrected chi connectivity index (χ3v) is 4.18. The number of halogens is 2. The van der Waals surface area contributed by atoms with Gasteiger partial charge in [-0.05, 0) is 19.1 Å². The zero-order chi connectivity index (χ0) is 18.8. The van der Waals surface area contributed by atoms with Gasteiger partial charge in [0.1, 0.15) is 18.2 Å². The van der Waals surface area contributed by atoms with Gasteiger partial charge in [-0.15, -0.1) is 0 Å². The van der Waals surface area contributed by atoms with Crippen LogP contribution in [0.15, 0.2) is 35.1 Å². The normalized spacial score (nSPS) is 10.7. The second kappa shape index (κ2) is 7.14. The molecule has 3 aromatic rings. The summed E-state index contributed by atoms with van der Waals surface area (Å²) in [5.41, 5.74) is 0.537. The highest BCUT2D eigenvalue weighted by atomic mass is 35.5. The molecule has 0 spiro atoms. The molecule has 2 heterocycles. The molecule has 0 bridgehead atoms. The summed E-state index contributed by atoms with van der Waals surface area (Å²) in [4.78, 5) is 22.8. The molecule has 0 aliphatic carbocycles. The Hall–Kier alpha value is -2.91. The van der Waals surface area contributed by atoms with Crippen LogP contribution in [0.5, 0.6) is 0 Å². The minimum Gasteiger partial charge on any atom is -0.361 e. The van der Waals surface area contributed by atoms with Crippen LogP contribution in [-0.4, -0.2) is 25.8 Å². The topological polar surface area (TPSA) is 116 Å². The van der Waals surface area contributed by atoms with E-state index in [2.05, 4.69) is 15.6 Å². The lowest BCUT2D eigenvalue weighted by molar-refractivity contribution is -0.385. The van der Waals surface area contributed by atoms with E-state index in [0.29, 0.717) is 11.3 Å². The SMILES string of the molecule is Cc1onc(C(=O)Nc2c(Cl)cccc2Cl)c1Cn1cc([N+](=O)[O-])cn1. The fourth-order valence-corrected chi connectivity index (χ4v) is 2.73. The summed E-state index contributed by atoms with van der Waals surface area (Å²) in [5, 5.41) is 21.6. The van der Waals surface area contributed by atoms with Crippen LogP contribution in [0.3, 0.4) is 0 Å². The maximum Gasteiger partial charge on any atom is 0.307 e. The van der Waals surface area contributed by atoms with Gasteiger partial charge >= 0.3 is 5.69 Å². The van der Waals surface area contributed by atoms with Gasteiger partial charge in [0.15, 0.2) is 5.69 Å². The number of carbonyl (C=O) groups excluding carboxylic acids is 1. The highest BCUT2D eigenvalue weighted by Gasteiger charge is 2.22. The Labute approximate surface area is 156 Å². The number of para-hydroxylation sites is 1. The Bertz CT molecular complexity index is 978. The van der Waals surface area contributed by atoms with Crippen LogP contribution in [0, 0.1) is 17.0 Å². The van der Waals surface area contributed by atoms with E-state index in [-0.39, 0.29) is 33.7 Å². The van der Waals surface area contributed by atoms with Crippen LogP contribution in [-0.2, 0) is 6.54 Å².